The summed E-state index contributed by atoms with van der Waals surface area (Å²) in [6.07, 6.45) is 3.22. The Kier molecular flexibility index (Phi) is 8.67. The van der Waals surface area contributed by atoms with Gasteiger partial charge in [-0.1, -0.05) is 23.7 Å². The number of nitrogens with one attached hydrogen (secondary N) is 2. The van der Waals surface area contributed by atoms with Gasteiger partial charge in [-0.3, -0.25) is 9.59 Å². The standard InChI is InChI=1S/C29H31ClFN5O5/c1-16(19-9-20(31)12-22(10-19)40-2)33-27(38)25(15-37)36-14-18-4-3-17(11-23(18)28(36)39)26-24(30)13-32-29(35-26)34-21-5-7-41-8-6-21/h3-4,9-13,16,21,25,37H,5-8,14-15H2,1-2H3,(H,33,38)(H,32,34,35)/t16-,25-/m1/s1. The number of carbonyl (C=O) groups excluding carboxylic acids is 2. The van der Waals surface area contributed by atoms with E-state index < -0.39 is 36.3 Å². The Balaban J connectivity index is 1.32. The average molecular weight is 584 g/mol. The number of methoxy groups -OCH3 is 1. The Morgan fingerprint density at radius 2 is 2.05 bits per heavy atom. The number of aliphatic hydroxyl groups is 1. The fourth-order valence-corrected chi connectivity index (χ4v) is 5.25. The first kappa shape index (κ1) is 28.7. The van der Waals surface area contributed by atoms with Crippen molar-refractivity contribution in [3.63, 3.8) is 0 Å². The molecule has 3 N–H and O–H groups in total. The third kappa shape index (κ3) is 6.27. The van der Waals surface area contributed by atoms with E-state index in [1.807, 2.05) is 6.07 Å². The van der Waals surface area contributed by atoms with Crippen LogP contribution in [-0.4, -0.2) is 70.8 Å². The van der Waals surface area contributed by atoms with Crippen LogP contribution in [0.3, 0.4) is 0 Å². The van der Waals surface area contributed by atoms with Crippen LogP contribution >= 0.6 is 11.6 Å². The van der Waals surface area contributed by atoms with Crippen LogP contribution in [-0.2, 0) is 16.1 Å². The highest BCUT2D eigenvalue weighted by atomic mass is 35.5. The molecule has 1 aromatic heterocycles. The molecule has 0 unspecified atom stereocenters. The van der Waals surface area contributed by atoms with Crippen LogP contribution in [0, 0.1) is 5.82 Å². The molecule has 3 heterocycles. The van der Waals surface area contributed by atoms with Gasteiger partial charge in [0.05, 0.1) is 36.7 Å². The molecule has 0 aliphatic carbocycles. The summed E-state index contributed by atoms with van der Waals surface area (Å²) in [5.41, 5.74) is 2.69. The van der Waals surface area contributed by atoms with Gasteiger partial charge in [-0.05, 0) is 49.1 Å². The fraction of sp³-hybridized carbons (Fsp3) is 0.379. The number of fused-ring (bicyclic) bond motifs is 1. The Morgan fingerprint density at radius 1 is 1.27 bits per heavy atom. The van der Waals surface area contributed by atoms with Crippen molar-refractivity contribution in [2.24, 2.45) is 0 Å². The van der Waals surface area contributed by atoms with E-state index in [4.69, 9.17) is 21.1 Å². The SMILES string of the molecule is COc1cc(F)cc([C@@H](C)NC(=O)[C@@H](CO)N2Cc3ccc(-c4nc(NC5CCOCC5)ncc4Cl)cc3C2=O)c1. The van der Waals surface area contributed by atoms with Gasteiger partial charge < -0.3 is 30.1 Å². The second kappa shape index (κ2) is 12.4. The van der Waals surface area contributed by atoms with Crippen molar-refractivity contribution in [1.29, 1.82) is 0 Å². The molecule has 216 valence electrons. The lowest BCUT2D eigenvalue weighted by Gasteiger charge is -2.27. The summed E-state index contributed by atoms with van der Waals surface area (Å²) < 4.78 is 24.5. The number of hydrogen-bond donors (Lipinski definition) is 3. The molecule has 0 spiro atoms. The van der Waals surface area contributed by atoms with E-state index >= 15 is 0 Å². The molecule has 0 radical (unpaired) electrons. The van der Waals surface area contributed by atoms with Crippen LogP contribution in [0.1, 0.15) is 47.3 Å². The molecular formula is C29H31ClFN5O5. The highest BCUT2D eigenvalue weighted by molar-refractivity contribution is 6.33. The molecule has 5 rings (SSSR count). The highest BCUT2D eigenvalue weighted by Crippen LogP contribution is 2.33. The zero-order chi connectivity index (χ0) is 29.1. The molecule has 12 heteroatoms. The number of ether oxygens (including phenoxy) is 2. The number of halogens is 2. The molecule has 0 saturated carbocycles. The maximum absolute atomic E-state index is 14.0. The summed E-state index contributed by atoms with van der Waals surface area (Å²) in [7, 11) is 1.42. The molecule has 3 aromatic rings. The van der Waals surface area contributed by atoms with Crippen molar-refractivity contribution in [1.82, 2.24) is 20.2 Å². The van der Waals surface area contributed by atoms with Crippen molar-refractivity contribution in [3.05, 3.63) is 70.1 Å². The van der Waals surface area contributed by atoms with Crippen molar-refractivity contribution < 1.29 is 28.6 Å². The Morgan fingerprint density at radius 3 is 2.78 bits per heavy atom. The minimum atomic E-state index is -1.14. The van der Waals surface area contributed by atoms with Gasteiger partial charge in [0.2, 0.25) is 11.9 Å². The zero-order valence-corrected chi connectivity index (χ0v) is 23.4. The predicted octanol–water partition coefficient (Wildman–Crippen LogP) is 3.73. The van der Waals surface area contributed by atoms with Gasteiger partial charge in [-0.25, -0.2) is 14.4 Å². The molecule has 10 nitrogen and oxygen atoms in total. The molecule has 2 aliphatic heterocycles. The molecule has 0 bridgehead atoms. The van der Waals surface area contributed by atoms with Gasteiger partial charge in [-0.2, -0.15) is 0 Å². The molecule has 2 amide bonds. The largest absolute Gasteiger partial charge is 0.497 e. The quantitative estimate of drug-likeness (QED) is 0.348. The molecule has 2 aliphatic rings. The van der Waals surface area contributed by atoms with E-state index in [1.165, 1.54) is 30.3 Å². The number of anilines is 1. The maximum atomic E-state index is 14.0. The first-order chi connectivity index (χ1) is 19.8. The maximum Gasteiger partial charge on any atom is 0.255 e. The Bertz CT molecular complexity index is 1450. The third-order valence-electron chi connectivity index (χ3n) is 7.35. The lowest BCUT2D eigenvalue weighted by Crippen LogP contribution is -2.49. The number of amides is 2. The summed E-state index contributed by atoms with van der Waals surface area (Å²) in [5.74, 6) is -0.715. The summed E-state index contributed by atoms with van der Waals surface area (Å²) in [5, 5.41) is 16.5. The van der Waals surface area contributed by atoms with Gasteiger partial charge in [0.15, 0.2) is 0 Å². The van der Waals surface area contributed by atoms with Crippen molar-refractivity contribution in [3.8, 4) is 17.0 Å². The number of aromatic nitrogens is 2. The topological polar surface area (TPSA) is 126 Å². The van der Waals surface area contributed by atoms with Crippen LogP contribution in [0.15, 0.2) is 42.6 Å². The second-order valence-electron chi connectivity index (χ2n) is 10.1. The molecule has 2 aromatic carbocycles. The number of hydrogen-bond acceptors (Lipinski definition) is 8. The minimum Gasteiger partial charge on any atom is -0.497 e. The third-order valence-corrected chi connectivity index (χ3v) is 7.63. The fourth-order valence-electron chi connectivity index (χ4n) is 5.05. The van der Waals surface area contributed by atoms with Gasteiger partial charge in [0, 0.05) is 43.0 Å². The smallest absolute Gasteiger partial charge is 0.255 e. The molecular weight excluding hydrogens is 553 g/mol. The van der Waals surface area contributed by atoms with Crippen molar-refractivity contribution in [2.75, 3.05) is 32.2 Å². The predicted molar refractivity (Wildman–Crippen MR) is 150 cm³/mol. The van der Waals surface area contributed by atoms with E-state index in [0.717, 1.165) is 12.8 Å². The minimum absolute atomic E-state index is 0.142. The molecule has 1 saturated heterocycles. The van der Waals surface area contributed by atoms with Crippen LogP contribution in [0.25, 0.3) is 11.3 Å². The second-order valence-corrected chi connectivity index (χ2v) is 10.5. The Hall–Kier alpha value is -3.80. The lowest BCUT2D eigenvalue weighted by molar-refractivity contribution is -0.127. The average Bonchev–Trinajstić information content (AvgIpc) is 3.29. The summed E-state index contributed by atoms with van der Waals surface area (Å²) >= 11 is 6.45. The number of rotatable bonds is 9. The van der Waals surface area contributed by atoms with Gasteiger partial charge in [-0.15, -0.1) is 0 Å². The van der Waals surface area contributed by atoms with E-state index in [9.17, 15) is 19.1 Å². The van der Waals surface area contributed by atoms with Gasteiger partial charge >= 0.3 is 0 Å². The summed E-state index contributed by atoms with van der Waals surface area (Å²) in [6, 6.07) is 7.90. The van der Waals surface area contributed by atoms with Gasteiger partial charge in [0.25, 0.3) is 5.91 Å². The lowest BCUT2D eigenvalue weighted by atomic mass is 10.0. The summed E-state index contributed by atoms with van der Waals surface area (Å²) in [6.45, 7) is 2.59. The molecule has 2 atom stereocenters. The first-order valence-electron chi connectivity index (χ1n) is 13.3. The number of carbonyl (C=O) groups is 2. The van der Waals surface area contributed by atoms with Crippen molar-refractivity contribution >= 4 is 29.4 Å². The number of benzene rings is 2. The highest BCUT2D eigenvalue weighted by Gasteiger charge is 2.37. The molecule has 41 heavy (non-hydrogen) atoms. The molecule has 1 fully saturated rings. The van der Waals surface area contributed by atoms with E-state index in [1.54, 1.807) is 25.1 Å². The van der Waals surface area contributed by atoms with Crippen LogP contribution in [0.5, 0.6) is 5.75 Å². The summed E-state index contributed by atoms with van der Waals surface area (Å²) in [4.78, 5) is 36.9. The number of aliphatic hydroxyl groups excluding tert-OH is 1. The zero-order valence-electron chi connectivity index (χ0n) is 22.7. The van der Waals surface area contributed by atoms with E-state index in [2.05, 4.69) is 20.6 Å². The van der Waals surface area contributed by atoms with Crippen molar-refractivity contribution in [2.45, 2.75) is 44.4 Å². The van der Waals surface area contributed by atoms with Gasteiger partial charge in [0.1, 0.15) is 17.6 Å². The van der Waals surface area contributed by atoms with Crippen LogP contribution < -0.4 is 15.4 Å². The van der Waals surface area contributed by atoms with Crippen LogP contribution in [0.2, 0.25) is 5.02 Å². The Labute approximate surface area is 241 Å². The first-order valence-corrected chi connectivity index (χ1v) is 13.7. The number of nitrogens with zero attached hydrogens (tertiary/aromatic N) is 3. The monoisotopic (exact) mass is 583 g/mol. The normalized spacial score (nSPS) is 16.7. The van der Waals surface area contributed by atoms with E-state index in [0.29, 0.717) is 57.9 Å². The van der Waals surface area contributed by atoms with Crippen LogP contribution in [0.4, 0.5) is 10.3 Å². The van der Waals surface area contributed by atoms with E-state index in [-0.39, 0.29) is 12.6 Å².